The van der Waals surface area contributed by atoms with E-state index in [-0.39, 0.29) is 36.2 Å². The maximum Gasteiger partial charge on any atom is 0.407 e. The van der Waals surface area contributed by atoms with Crippen molar-refractivity contribution in [2.45, 2.75) is 123 Å². The van der Waals surface area contributed by atoms with Crippen LogP contribution in [0.25, 0.3) is 10.9 Å². The van der Waals surface area contributed by atoms with E-state index in [0.717, 1.165) is 48.6 Å². The normalized spacial score (nSPS) is 24.0. The van der Waals surface area contributed by atoms with E-state index in [1.165, 1.54) is 6.42 Å². The SMILES string of the molecule is CCOC(=O)c1[nH]c2ccc(NC(=O)[C@H]3[C@H](C4CCCCC4)CCN3C(=O)C3CCC([C@@H](CF)NC(=O)OC(C)(C)C)CC3)cc2c1CC. The average Bonchev–Trinajstić information content (AvgIpc) is 3.69. The highest BCUT2D eigenvalue weighted by Crippen LogP contribution is 2.41. The molecule has 1 saturated heterocycles. The van der Waals surface area contributed by atoms with Gasteiger partial charge in [0.25, 0.3) is 0 Å². The van der Waals surface area contributed by atoms with Crippen LogP contribution >= 0.6 is 0 Å². The van der Waals surface area contributed by atoms with Gasteiger partial charge in [0, 0.05) is 29.1 Å². The number of fused-ring (bicyclic) bond motifs is 1. The summed E-state index contributed by atoms with van der Waals surface area (Å²) in [6, 6.07) is 4.37. The van der Waals surface area contributed by atoms with E-state index in [1.807, 2.05) is 30.0 Å². The molecule has 3 fully saturated rings. The van der Waals surface area contributed by atoms with Gasteiger partial charge in [-0.05, 0) is 108 Å². The van der Waals surface area contributed by atoms with E-state index in [4.69, 9.17) is 9.47 Å². The molecule has 1 aromatic carbocycles. The molecule has 0 unspecified atom stereocenters. The number of alkyl carbamates (subject to hydrolysis) is 1. The number of aromatic amines is 1. The zero-order valence-corrected chi connectivity index (χ0v) is 29.9. The first-order valence-electron chi connectivity index (χ1n) is 18.4. The number of esters is 1. The topological polar surface area (TPSA) is 130 Å². The Morgan fingerprint density at radius 2 is 1.71 bits per heavy atom. The minimum Gasteiger partial charge on any atom is -0.461 e. The number of nitrogens with zero attached hydrogens (tertiary/aromatic N) is 1. The zero-order chi connectivity index (χ0) is 35.3. The van der Waals surface area contributed by atoms with Gasteiger partial charge in [-0.1, -0.05) is 39.0 Å². The van der Waals surface area contributed by atoms with Gasteiger partial charge in [0.1, 0.15) is 24.0 Å². The van der Waals surface area contributed by atoms with Crippen LogP contribution in [0.4, 0.5) is 14.9 Å². The van der Waals surface area contributed by atoms with Gasteiger partial charge < -0.3 is 30.0 Å². The van der Waals surface area contributed by atoms with Gasteiger partial charge in [-0.15, -0.1) is 0 Å². The Hall–Kier alpha value is -3.63. The van der Waals surface area contributed by atoms with E-state index in [9.17, 15) is 23.6 Å². The number of aromatic nitrogens is 1. The second-order valence-corrected chi connectivity index (χ2v) is 15.1. The summed E-state index contributed by atoms with van der Waals surface area (Å²) in [7, 11) is 0. The Kier molecular flexibility index (Phi) is 11.9. The standard InChI is InChI=1S/C38H55FN4O6/c1-6-27-29-21-26(17-18-30(29)41-32(27)36(46)48-7-2)40-34(44)33-28(23-11-9-8-10-12-23)19-20-43(33)35(45)25-15-13-24(14-16-25)31(22-39)42-37(47)49-38(3,4)5/h17-18,21,23-25,28,31,33,41H,6-16,19-20,22H2,1-5H3,(H,40,44)(H,42,47)/t24?,25?,28-,31+,33+/m0/s1. The van der Waals surface area contributed by atoms with Crippen LogP contribution in [0.3, 0.4) is 0 Å². The molecule has 11 heteroatoms. The third-order valence-corrected chi connectivity index (χ3v) is 10.8. The lowest BCUT2D eigenvalue weighted by molar-refractivity contribution is -0.142. The van der Waals surface area contributed by atoms with Gasteiger partial charge >= 0.3 is 12.1 Å². The largest absolute Gasteiger partial charge is 0.461 e. The van der Waals surface area contributed by atoms with Crippen LogP contribution in [-0.4, -0.2) is 71.3 Å². The number of aryl methyl sites for hydroxylation is 1. The summed E-state index contributed by atoms with van der Waals surface area (Å²) < 4.78 is 24.7. The molecule has 10 nitrogen and oxygen atoms in total. The highest BCUT2D eigenvalue weighted by molar-refractivity contribution is 6.02. The minimum atomic E-state index is -0.696. The summed E-state index contributed by atoms with van der Waals surface area (Å²) in [6.45, 7) is 9.19. The lowest BCUT2D eigenvalue weighted by atomic mass is 9.76. The number of carbonyl (C=O) groups is 4. The number of hydrogen-bond donors (Lipinski definition) is 3. The second-order valence-electron chi connectivity index (χ2n) is 15.1. The molecular formula is C38H55FN4O6. The lowest BCUT2D eigenvalue weighted by Gasteiger charge is -2.37. The summed E-state index contributed by atoms with van der Waals surface area (Å²) in [5, 5.41) is 6.71. The van der Waals surface area contributed by atoms with Crippen LogP contribution in [0.5, 0.6) is 0 Å². The summed E-state index contributed by atoms with van der Waals surface area (Å²) in [5.41, 5.74) is 2.01. The number of halogens is 1. The van der Waals surface area contributed by atoms with Crippen molar-refractivity contribution in [1.82, 2.24) is 15.2 Å². The van der Waals surface area contributed by atoms with E-state index >= 15 is 0 Å². The Morgan fingerprint density at radius 1 is 1.00 bits per heavy atom. The predicted molar refractivity (Wildman–Crippen MR) is 187 cm³/mol. The first-order chi connectivity index (χ1) is 23.4. The van der Waals surface area contributed by atoms with Crippen molar-refractivity contribution in [3.8, 4) is 0 Å². The fourth-order valence-corrected chi connectivity index (χ4v) is 8.49. The van der Waals surface area contributed by atoms with Crippen LogP contribution in [0.2, 0.25) is 0 Å². The van der Waals surface area contributed by atoms with Crippen LogP contribution in [0.15, 0.2) is 18.2 Å². The number of rotatable bonds is 10. The molecule has 3 aliphatic rings. The van der Waals surface area contributed by atoms with Crippen LogP contribution in [0, 0.1) is 23.7 Å². The number of ether oxygens (including phenoxy) is 2. The molecule has 1 aliphatic heterocycles. The summed E-state index contributed by atoms with van der Waals surface area (Å²) in [5.74, 6) is -0.418. The van der Waals surface area contributed by atoms with Gasteiger partial charge in [0.2, 0.25) is 11.8 Å². The molecular weight excluding hydrogens is 627 g/mol. The number of benzene rings is 1. The molecule has 2 aliphatic carbocycles. The first-order valence-corrected chi connectivity index (χ1v) is 18.4. The fraction of sp³-hybridized carbons (Fsp3) is 0.684. The molecule has 270 valence electrons. The van der Waals surface area contributed by atoms with Gasteiger partial charge in [-0.25, -0.2) is 14.0 Å². The van der Waals surface area contributed by atoms with E-state index < -0.39 is 36.4 Å². The molecule has 0 spiro atoms. The molecule has 5 rings (SSSR count). The third kappa shape index (κ3) is 8.58. The van der Waals surface area contributed by atoms with Crippen LogP contribution < -0.4 is 10.6 Å². The number of anilines is 1. The monoisotopic (exact) mass is 682 g/mol. The number of amides is 3. The number of carbonyl (C=O) groups excluding carboxylic acids is 4. The maximum absolute atomic E-state index is 14.3. The molecule has 2 saturated carbocycles. The average molecular weight is 683 g/mol. The van der Waals surface area contributed by atoms with Crippen molar-refractivity contribution in [2.24, 2.45) is 23.7 Å². The second kappa shape index (κ2) is 15.9. The number of hydrogen-bond acceptors (Lipinski definition) is 6. The first kappa shape index (κ1) is 36.6. The third-order valence-electron chi connectivity index (χ3n) is 10.8. The van der Waals surface area contributed by atoms with Gasteiger partial charge in [-0.2, -0.15) is 0 Å². The maximum atomic E-state index is 14.3. The van der Waals surface area contributed by atoms with E-state index in [0.29, 0.717) is 55.9 Å². The number of nitrogens with one attached hydrogen (secondary N) is 3. The smallest absolute Gasteiger partial charge is 0.407 e. The number of H-pyrrole nitrogens is 1. The van der Waals surface area contributed by atoms with Crippen molar-refractivity contribution < 1.29 is 33.0 Å². The van der Waals surface area contributed by atoms with Gasteiger partial charge in [0.05, 0.1) is 12.6 Å². The highest BCUT2D eigenvalue weighted by Gasteiger charge is 2.47. The van der Waals surface area contributed by atoms with Gasteiger partial charge in [-0.3, -0.25) is 9.59 Å². The molecule has 2 heterocycles. The summed E-state index contributed by atoms with van der Waals surface area (Å²) in [4.78, 5) is 58.4. The number of likely N-dealkylation sites (tertiary alicyclic amines) is 1. The molecule has 3 amide bonds. The Labute approximate surface area is 289 Å². The molecule has 49 heavy (non-hydrogen) atoms. The molecule has 0 bridgehead atoms. The molecule has 3 N–H and O–H groups in total. The Bertz CT molecular complexity index is 1490. The minimum absolute atomic E-state index is 0.00208. The van der Waals surface area contributed by atoms with Crippen LogP contribution in [-0.2, 0) is 25.5 Å². The lowest BCUT2D eigenvalue weighted by Crippen LogP contribution is -2.50. The fourth-order valence-electron chi connectivity index (χ4n) is 8.49. The Morgan fingerprint density at radius 3 is 2.35 bits per heavy atom. The predicted octanol–water partition coefficient (Wildman–Crippen LogP) is 7.31. The van der Waals surface area contributed by atoms with Crippen molar-refractivity contribution in [2.75, 3.05) is 25.1 Å². The van der Waals surface area contributed by atoms with Crippen LogP contribution in [0.1, 0.15) is 115 Å². The van der Waals surface area contributed by atoms with Gasteiger partial charge in [0.15, 0.2) is 0 Å². The summed E-state index contributed by atoms with van der Waals surface area (Å²) >= 11 is 0. The van der Waals surface area contributed by atoms with Crippen molar-refractivity contribution in [3.05, 3.63) is 29.5 Å². The molecule has 2 aromatic rings. The van der Waals surface area contributed by atoms with Crippen molar-refractivity contribution >= 4 is 40.5 Å². The van der Waals surface area contributed by atoms with E-state index in [2.05, 4.69) is 15.6 Å². The van der Waals surface area contributed by atoms with Crippen molar-refractivity contribution in [1.29, 1.82) is 0 Å². The highest BCUT2D eigenvalue weighted by atomic mass is 19.1. The molecule has 0 radical (unpaired) electrons. The quantitative estimate of drug-likeness (QED) is 0.225. The number of alkyl halides is 1. The summed E-state index contributed by atoms with van der Waals surface area (Å²) in [6.07, 6.45) is 8.82. The van der Waals surface area contributed by atoms with Crippen molar-refractivity contribution in [3.63, 3.8) is 0 Å². The molecule has 3 atom stereocenters. The van der Waals surface area contributed by atoms with E-state index in [1.54, 1.807) is 27.7 Å². The molecule has 1 aromatic heterocycles. The Balaban J connectivity index is 1.30. The zero-order valence-electron chi connectivity index (χ0n) is 29.9.